The average Bonchev–Trinajstić information content (AvgIpc) is 2.54. The molecule has 1 aromatic rings. The van der Waals surface area contributed by atoms with Crippen molar-refractivity contribution in [3.05, 3.63) is 29.8 Å². The molecule has 6 nitrogen and oxygen atoms in total. The minimum Gasteiger partial charge on any atom is -0.276 e. The van der Waals surface area contributed by atoms with E-state index in [1.807, 2.05) is 31.2 Å². The van der Waals surface area contributed by atoms with E-state index in [2.05, 4.69) is 10.4 Å². The van der Waals surface area contributed by atoms with Crippen molar-refractivity contribution in [1.82, 2.24) is 10.4 Å². The highest BCUT2D eigenvalue weighted by Crippen LogP contribution is 2.34. The number of hydrogen-bond acceptors (Lipinski definition) is 4. The lowest BCUT2D eigenvalue weighted by Gasteiger charge is -2.33. The van der Waals surface area contributed by atoms with Crippen molar-refractivity contribution in [3.8, 4) is 0 Å². The van der Waals surface area contributed by atoms with E-state index in [0.29, 0.717) is 19.4 Å². The van der Waals surface area contributed by atoms with E-state index in [9.17, 15) is 9.59 Å². The second-order valence-corrected chi connectivity index (χ2v) is 5.55. The highest BCUT2D eigenvalue weighted by Gasteiger charge is 2.32. The highest BCUT2D eigenvalue weighted by atomic mass is 35.5. The molecule has 0 saturated carbocycles. The molecular weight excluding hydrogens is 304 g/mol. The third-order valence-electron chi connectivity index (χ3n) is 3.82. The molecule has 2 aliphatic heterocycles. The van der Waals surface area contributed by atoms with Gasteiger partial charge in [0.25, 0.3) is 0 Å². The summed E-state index contributed by atoms with van der Waals surface area (Å²) in [5.74, 6) is -0.183. The third kappa shape index (κ3) is 2.60. The van der Waals surface area contributed by atoms with Crippen LogP contribution >= 0.6 is 11.6 Å². The molecule has 0 fully saturated rings. The number of nitrogens with zero attached hydrogens (tertiary/aromatic N) is 3. The number of amidine groups is 1. The van der Waals surface area contributed by atoms with Gasteiger partial charge in [-0.3, -0.25) is 19.5 Å². The Balaban J connectivity index is 2.09. The molecule has 2 bridgehead atoms. The van der Waals surface area contributed by atoms with Gasteiger partial charge in [-0.25, -0.2) is 10.4 Å². The Hall–Kier alpha value is -1.92. The van der Waals surface area contributed by atoms with Gasteiger partial charge in [-0.15, -0.1) is 0 Å². The number of benzene rings is 1. The summed E-state index contributed by atoms with van der Waals surface area (Å²) in [6.07, 6.45) is 0.591. The lowest BCUT2D eigenvalue weighted by molar-refractivity contribution is -0.135. The van der Waals surface area contributed by atoms with Crippen molar-refractivity contribution >= 4 is 34.4 Å². The molecule has 0 saturated heterocycles. The fraction of sp³-hybridized carbons (Fsp3) is 0.400. The number of para-hydroxylation sites is 1. The van der Waals surface area contributed by atoms with Crippen LogP contribution in [0.25, 0.3) is 0 Å². The largest absolute Gasteiger partial charge is 0.276 e. The van der Waals surface area contributed by atoms with Gasteiger partial charge in [0, 0.05) is 24.9 Å². The van der Waals surface area contributed by atoms with E-state index in [0.717, 1.165) is 11.3 Å². The monoisotopic (exact) mass is 320 g/mol. The van der Waals surface area contributed by atoms with Crippen LogP contribution < -0.4 is 10.3 Å². The molecule has 22 heavy (non-hydrogen) atoms. The maximum Gasteiger partial charge on any atom is 0.236 e. The second kappa shape index (κ2) is 6.06. The number of halogens is 1. The molecule has 1 unspecified atom stereocenters. The summed E-state index contributed by atoms with van der Waals surface area (Å²) in [6, 6.07) is 7.46. The fourth-order valence-electron chi connectivity index (χ4n) is 2.72. The Labute approximate surface area is 133 Å². The number of carbonyl (C=O) groups excluding carboxylic acids is 2. The number of hydrogen-bond donors (Lipinski definition) is 1. The first kappa shape index (κ1) is 15.0. The summed E-state index contributed by atoms with van der Waals surface area (Å²) in [5.41, 5.74) is 4.66. The number of rotatable bonds is 1. The van der Waals surface area contributed by atoms with E-state index < -0.39 is 6.17 Å². The predicted molar refractivity (Wildman–Crippen MR) is 84.3 cm³/mol. The molecule has 1 aromatic carbocycles. The van der Waals surface area contributed by atoms with Crippen LogP contribution in [0.2, 0.25) is 0 Å². The van der Waals surface area contributed by atoms with Gasteiger partial charge < -0.3 is 0 Å². The van der Waals surface area contributed by atoms with Crippen molar-refractivity contribution in [3.63, 3.8) is 0 Å². The first-order valence-electron chi connectivity index (χ1n) is 7.33. The molecule has 1 atom stereocenters. The summed E-state index contributed by atoms with van der Waals surface area (Å²) in [6.45, 7) is 2.41. The average molecular weight is 321 g/mol. The van der Waals surface area contributed by atoms with Crippen LogP contribution in [-0.2, 0) is 9.59 Å². The lowest BCUT2D eigenvalue weighted by Crippen LogP contribution is -2.46. The Morgan fingerprint density at radius 3 is 2.77 bits per heavy atom. The van der Waals surface area contributed by atoms with Crippen molar-refractivity contribution in [2.45, 2.75) is 32.4 Å². The fourth-order valence-corrected chi connectivity index (χ4v) is 3.00. The molecule has 3 rings (SSSR count). The number of hydrazine groups is 1. The van der Waals surface area contributed by atoms with Crippen LogP contribution in [0.3, 0.4) is 0 Å². The Morgan fingerprint density at radius 1 is 1.27 bits per heavy atom. The minimum absolute atomic E-state index is 0.0422. The van der Waals surface area contributed by atoms with E-state index in [4.69, 9.17) is 11.6 Å². The Bertz CT molecular complexity index is 646. The van der Waals surface area contributed by atoms with Crippen LogP contribution in [0.15, 0.2) is 29.3 Å². The summed E-state index contributed by atoms with van der Waals surface area (Å²) in [4.78, 5) is 30.4. The van der Waals surface area contributed by atoms with Crippen LogP contribution in [-0.4, -0.2) is 28.7 Å². The van der Waals surface area contributed by atoms with E-state index in [1.165, 1.54) is 4.90 Å². The van der Waals surface area contributed by atoms with E-state index in [1.54, 1.807) is 5.01 Å². The summed E-state index contributed by atoms with van der Waals surface area (Å²) < 4.78 is 0. The molecule has 0 aromatic heterocycles. The van der Waals surface area contributed by atoms with Crippen molar-refractivity contribution < 1.29 is 9.59 Å². The Kier molecular flexibility index (Phi) is 4.13. The molecule has 7 heteroatoms. The third-order valence-corrected chi connectivity index (χ3v) is 4.09. The summed E-state index contributed by atoms with van der Waals surface area (Å²) in [7, 11) is 0. The van der Waals surface area contributed by atoms with E-state index >= 15 is 0 Å². The number of carbonyl (C=O) groups is 2. The SMILES string of the molecule is CCN1NC2N=C(Cl)N(C(=O)CCCC1=O)c1ccccc12. The molecular formula is C15H17ClN4O2. The standard InChI is InChI=1S/C15H17ClN4O2/c1-2-19-12(21)8-5-9-13(22)20-11-7-4-3-6-10(11)14(18-19)17-15(20)16/h3-4,6-7,14,18H,2,5,8-9H2,1H3. The normalized spacial score (nSPS) is 22.3. The zero-order valence-corrected chi connectivity index (χ0v) is 13.0. The molecule has 0 radical (unpaired) electrons. The van der Waals surface area contributed by atoms with Crippen molar-refractivity contribution in [2.75, 3.05) is 11.4 Å². The van der Waals surface area contributed by atoms with Gasteiger partial charge in [0.15, 0.2) is 0 Å². The van der Waals surface area contributed by atoms with Gasteiger partial charge in [0.2, 0.25) is 17.1 Å². The molecule has 1 N–H and O–H groups in total. The molecule has 2 amide bonds. The van der Waals surface area contributed by atoms with Gasteiger partial charge >= 0.3 is 0 Å². The van der Waals surface area contributed by atoms with Crippen LogP contribution in [0.5, 0.6) is 0 Å². The maximum atomic E-state index is 12.4. The number of fused-ring (bicyclic) bond motifs is 5. The minimum atomic E-state index is -0.477. The first-order valence-corrected chi connectivity index (χ1v) is 7.71. The number of nitrogens with one attached hydrogen (secondary N) is 1. The van der Waals surface area contributed by atoms with Gasteiger partial charge in [-0.05, 0) is 31.0 Å². The maximum absolute atomic E-state index is 12.4. The zero-order chi connectivity index (χ0) is 15.7. The van der Waals surface area contributed by atoms with Gasteiger partial charge in [-0.2, -0.15) is 0 Å². The summed E-state index contributed by atoms with van der Waals surface area (Å²) in [5, 5.41) is 1.67. The number of anilines is 1. The van der Waals surface area contributed by atoms with E-state index in [-0.39, 0.29) is 23.5 Å². The topological polar surface area (TPSA) is 65.0 Å². The van der Waals surface area contributed by atoms with Gasteiger partial charge in [0.05, 0.1) is 5.69 Å². The van der Waals surface area contributed by atoms with Crippen LogP contribution in [0, 0.1) is 0 Å². The van der Waals surface area contributed by atoms with Gasteiger partial charge in [0.1, 0.15) is 6.17 Å². The predicted octanol–water partition coefficient (Wildman–Crippen LogP) is 2.16. The Morgan fingerprint density at radius 2 is 2.00 bits per heavy atom. The molecule has 116 valence electrons. The molecule has 0 aliphatic carbocycles. The number of amides is 2. The number of aliphatic imine (C=N–C) groups is 1. The quantitative estimate of drug-likeness (QED) is 0.806. The highest BCUT2D eigenvalue weighted by molar-refractivity contribution is 6.70. The van der Waals surface area contributed by atoms with Crippen molar-refractivity contribution in [1.29, 1.82) is 0 Å². The van der Waals surface area contributed by atoms with Crippen LogP contribution in [0.4, 0.5) is 5.69 Å². The smallest absolute Gasteiger partial charge is 0.236 e. The lowest BCUT2D eigenvalue weighted by atomic mass is 10.1. The summed E-state index contributed by atoms with van der Waals surface area (Å²) >= 11 is 6.23. The van der Waals surface area contributed by atoms with Crippen molar-refractivity contribution in [2.24, 2.45) is 4.99 Å². The second-order valence-electron chi connectivity index (χ2n) is 5.21. The molecule has 0 spiro atoms. The van der Waals surface area contributed by atoms with Gasteiger partial charge in [-0.1, -0.05) is 18.2 Å². The zero-order valence-electron chi connectivity index (χ0n) is 12.3. The molecule has 2 aliphatic rings. The molecule has 2 heterocycles. The van der Waals surface area contributed by atoms with Crippen LogP contribution in [0.1, 0.15) is 37.9 Å². The first-order chi connectivity index (χ1) is 10.6.